The van der Waals surface area contributed by atoms with Crippen molar-refractivity contribution in [3.8, 4) is 0 Å². The molecular formula is C15H21N3O2. The summed E-state index contributed by atoms with van der Waals surface area (Å²) in [4.78, 5) is 20.9. The van der Waals surface area contributed by atoms with Gasteiger partial charge in [-0.3, -0.25) is 4.98 Å². The topological polar surface area (TPSA) is 45.7 Å². The van der Waals surface area contributed by atoms with Gasteiger partial charge in [0.25, 0.3) is 0 Å². The van der Waals surface area contributed by atoms with E-state index in [1.165, 1.54) is 0 Å². The molecule has 2 aliphatic rings. The monoisotopic (exact) mass is 275 g/mol. The maximum atomic E-state index is 12.2. The van der Waals surface area contributed by atoms with E-state index in [-0.39, 0.29) is 12.1 Å². The number of ether oxygens (including phenoxy) is 1. The van der Waals surface area contributed by atoms with Crippen LogP contribution < -0.4 is 0 Å². The molecule has 5 heteroatoms. The number of nitrogens with zero attached hydrogens (tertiary/aromatic N) is 3. The highest BCUT2D eigenvalue weighted by atomic mass is 16.5. The number of hydrogen-bond acceptors (Lipinski definition) is 5. The van der Waals surface area contributed by atoms with E-state index in [2.05, 4.69) is 28.9 Å². The molecule has 5 nitrogen and oxygen atoms in total. The summed E-state index contributed by atoms with van der Waals surface area (Å²) >= 11 is 0. The zero-order valence-electron chi connectivity index (χ0n) is 12.0. The third-order valence-electron chi connectivity index (χ3n) is 4.25. The molecule has 0 atom stereocenters. The second-order valence-corrected chi connectivity index (χ2v) is 6.07. The normalized spacial score (nSPS) is 31.0. The maximum Gasteiger partial charge on any atom is 0.339 e. The Balaban J connectivity index is 1.72. The Hall–Kier alpha value is -1.46. The van der Waals surface area contributed by atoms with Gasteiger partial charge in [-0.2, -0.15) is 0 Å². The number of esters is 1. The largest absolute Gasteiger partial charge is 0.458 e. The molecule has 2 aliphatic heterocycles. The molecule has 108 valence electrons. The van der Waals surface area contributed by atoms with E-state index in [1.807, 2.05) is 0 Å². The van der Waals surface area contributed by atoms with Crippen LogP contribution in [0.2, 0.25) is 0 Å². The summed E-state index contributed by atoms with van der Waals surface area (Å²) in [5.74, 6) is 0.559. The molecule has 0 aromatic carbocycles. The number of carbonyl (C=O) groups excluding carboxylic acids is 1. The number of carbonyl (C=O) groups is 1. The Morgan fingerprint density at radius 2 is 1.80 bits per heavy atom. The third-order valence-corrected chi connectivity index (χ3v) is 4.25. The predicted molar refractivity (Wildman–Crippen MR) is 75.4 cm³/mol. The SMILES string of the molecule is CN1CC2CN(C)CC(C1)C2OC(=O)c1cccnc1. The van der Waals surface area contributed by atoms with E-state index < -0.39 is 0 Å². The Morgan fingerprint density at radius 3 is 2.30 bits per heavy atom. The molecule has 0 spiro atoms. The number of pyridine rings is 1. The minimum atomic E-state index is -0.243. The highest BCUT2D eigenvalue weighted by molar-refractivity contribution is 5.89. The number of likely N-dealkylation sites (tertiary alicyclic amines) is 2. The first-order valence-corrected chi connectivity index (χ1v) is 7.11. The average molecular weight is 275 g/mol. The summed E-state index contributed by atoms with van der Waals surface area (Å²) in [6, 6.07) is 3.52. The summed E-state index contributed by atoms with van der Waals surface area (Å²) in [6.07, 6.45) is 3.27. The lowest BCUT2D eigenvalue weighted by Crippen LogP contribution is -2.59. The molecule has 0 saturated carbocycles. The van der Waals surface area contributed by atoms with Crippen LogP contribution >= 0.6 is 0 Å². The summed E-state index contributed by atoms with van der Waals surface area (Å²) in [5.41, 5.74) is 0.540. The number of fused-ring (bicyclic) bond motifs is 2. The van der Waals surface area contributed by atoms with Gasteiger partial charge in [-0.05, 0) is 26.2 Å². The molecule has 0 radical (unpaired) electrons. The van der Waals surface area contributed by atoms with Crippen molar-refractivity contribution in [3.05, 3.63) is 30.1 Å². The predicted octanol–water partition coefficient (Wildman–Crippen LogP) is 0.730. The van der Waals surface area contributed by atoms with Crippen molar-refractivity contribution < 1.29 is 9.53 Å². The van der Waals surface area contributed by atoms with E-state index in [9.17, 15) is 4.79 Å². The van der Waals surface area contributed by atoms with E-state index in [1.54, 1.807) is 24.5 Å². The van der Waals surface area contributed by atoms with Crippen LogP contribution in [0.3, 0.4) is 0 Å². The van der Waals surface area contributed by atoms with Gasteiger partial charge in [-0.1, -0.05) is 0 Å². The van der Waals surface area contributed by atoms with E-state index >= 15 is 0 Å². The van der Waals surface area contributed by atoms with Crippen LogP contribution in [0.25, 0.3) is 0 Å². The molecule has 3 rings (SSSR count). The van der Waals surface area contributed by atoms with Crippen molar-refractivity contribution in [1.29, 1.82) is 0 Å². The first kappa shape index (κ1) is 13.5. The Kier molecular flexibility index (Phi) is 3.72. The van der Waals surface area contributed by atoms with Crippen molar-refractivity contribution in [2.45, 2.75) is 6.10 Å². The van der Waals surface area contributed by atoms with Gasteiger partial charge in [-0.15, -0.1) is 0 Å². The van der Waals surface area contributed by atoms with Crippen LogP contribution in [-0.2, 0) is 4.74 Å². The van der Waals surface area contributed by atoms with Gasteiger partial charge in [0.2, 0.25) is 0 Å². The Labute approximate surface area is 119 Å². The first-order chi connectivity index (χ1) is 9.63. The molecule has 2 bridgehead atoms. The van der Waals surface area contributed by atoms with Gasteiger partial charge >= 0.3 is 5.97 Å². The second-order valence-electron chi connectivity index (χ2n) is 6.07. The van der Waals surface area contributed by atoms with Crippen molar-refractivity contribution in [2.75, 3.05) is 40.3 Å². The molecule has 20 heavy (non-hydrogen) atoms. The summed E-state index contributed by atoms with van der Waals surface area (Å²) in [6.45, 7) is 3.97. The third kappa shape index (κ3) is 2.69. The summed E-state index contributed by atoms with van der Waals surface area (Å²) in [5, 5.41) is 0. The van der Waals surface area contributed by atoms with Gasteiger partial charge in [0, 0.05) is 50.4 Å². The van der Waals surface area contributed by atoms with Crippen LogP contribution in [-0.4, -0.2) is 67.1 Å². The molecule has 0 unspecified atom stereocenters. The highest BCUT2D eigenvalue weighted by Crippen LogP contribution is 2.30. The lowest BCUT2D eigenvalue weighted by atomic mass is 9.82. The number of piperidine rings is 2. The molecule has 3 heterocycles. The molecule has 0 amide bonds. The second kappa shape index (κ2) is 5.50. The highest BCUT2D eigenvalue weighted by Gasteiger charge is 2.42. The van der Waals surface area contributed by atoms with Crippen LogP contribution in [0, 0.1) is 11.8 Å². The maximum absolute atomic E-state index is 12.2. The lowest BCUT2D eigenvalue weighted by Gasteiger charge is -2.48. The fourth-order valence-electron chi connectivity index (χ4n) is 3.53. The average Bonchev–Trinajstić information content (AvgIpc) is 2.41. The number of rotatable bonds is 2. The van der Waals surface area contributed by atoms with E-state index in [0.717, 1.165) is 26.2 Å². The molecule has 1 aromatic rings. The molecule has 0 aliphatic carbocycles. The first-order valence-electron chi connectivity index (χ1n) is 7.11. The summed E-state index contributed by atoms with van der Waals surface area (Å²) in [7, 11) is 4.29. The zero-order valence-corrected chi connectivity index (χ0v) is 12.0. The van der Waals surface area contributed by atoms with Crippen LogP contribution in [0.5, 0.6) is 0 Å². The van der Waals surface area contributed by atoms with Crippen molar-refractivity contribution in [3.63, 3.8) is 0 Å². The smallest absolute Gasteiger partial charge is 0.339 e. The van der Waals surface area contributed by atoms with Crippen LogP contribution in [0.15, 0.2) is 24.5 Å². The van der Waals surface area contributed by atoms with E-state index in [4.69, 9.17) is 4.74 Å². The molecule has 1 aromatic heterocycles. The minimum absolute atomic E-state index is 0.0371. The van der Waals surface area contributed by atoms with Crippen LogP contribution in [0.4, 0.5) is 0 Å². The van der Waals surface area contributed by atoms with Crippen molar-refractivity contribution >= 4 is 5.97 Å². The van der Waals surface area contributed by atoms with E-state index in [0.29, 0.717) is 17.4 Å². The molecule has 2 saturated heterocycles. The van der Waals surface area contributed by atoms with Gasteiger partial charge in [0.05, 0.1) is 5.56 Å². The summed E-state index contributed by atoms with van der Waals surface area (Å²) < 4.78 is 5.81. The number of aromatic nitrogens is 1. The van der Waals surface area contributed by atoms with Gasteiger partial charge in [0.1, 0.15) is 6.10 Å². The Morgan fingerprint density at radius 1 is 1.20 bits per heavy atom. The molecule has 0 N–H and O–H groups in total. The number of hydrogen-bond donors (Lipinski definition) is 0. The fourth-order valence-corrected chi connectivity index (χ4v) is 3.53. The van der Waals surface area contributed by atoms with Crippen molar-refractivity contribution in [2.24, 2.45) is 11.8 Å². The minimum Gasteiger partial charge on any atom is -0.458 e. The van der Waals surface area contributed by atoms with Crippen molar-refractivity contribution in [1.82, 2.24) is 14.8 Å². The molecule has 2 fully saturated rings. The zero-order chi connectivity index (χ0) is 14.1. The molecular weight excluding hydrogens is 254 g/mol. The van der Waals surface area contributed by atoms with Gasteiger partial charge in [-0.25, -0.2) is 4.79 Å². The van der Waals surface area contributed by atoms with Crippen LogP contribution in [0.1, 0.15) is 10.4 Å². The lowest BCUT2D eigenvalue weighted by molar-refractivity contribution is -0.0792. The standard InChI is InChI=1S/C15H21N3O2/c1-17-7-12-9-18(2)10-13(8-17)14(12)20-15(19)11-4-3-5-16-6-11/h3-6,12-14H,7-10H2,1-2H3. The Bertz CT molecular complexity index is 449. The van der Waals surface area contributed by atoms with Gasteiger partial charge in [0.15, 0.2) is 0 Å². The fraction of sp³-hybridized carbons (Fsp3) is 0.600. The van der Waals surface area contributed by atoms with Gasteiger partial charge < -0.3 is 14.5 Å². The quantitative estimate of drug-likeness (QED) is 0.745.